The number of carbonyl (C=O) groups is 2. The van der Waals surface area contributed by atoms with Gasteiger partial charge in [0.05, 0.1) is 10.8 Å². The molecule has 0 saturated heterocycles. The summed E-state index contributed by atoms with van der Waals surface area (Å²) in [6.07, 6.45) is -0.179. The highest BCUT2D eigenvalue weighted by molar-refractivity contribution is 5.82. The molecule has 0 aromatic heterocycles. The van der Waals surface area contributed by atoms with Crippen molar-refractivity contribution >= 4 is 12.0 Å². The first-order chi connectivity index (χ1) is 21.9. The van der Waals surface area contributed by atoms with E-state index >= 15 is 0 Å². The van der Waals surface area contributed by atoms with Crippen LogP contribution in [0.2, 0.25) is 0 Å². The summed E-state index contributed by atoms with van der Waals surface area (Å²) in [5.74, 6) is -1.85. The molecule has 1 N–H and O–H groups in total. The highest BCUT2D eigenvalue weighted by Crippen LogP contribution is 2.65. The van der Waals surface area contributed by atoms with Crippen molar-refractivity contribution in [3.8, 4) is 0 Å². The van der Waals surface area contributed by atoms with Crippen LogP contribution in [0.5, 0.6) is 0 Å². The van der Waals surface area contributed by atoms with E-state index in [1.54, 1.807) is 79.7 Å². The molecule has 4 aromatic carbocycles. The number of hydrogen-bond donors (Lipinski definition) is 1. The largest absolute Gasteiger partial charge is 0.481 e. The van der Waals surface area contributed by atoms with Crippen LogP contribution in [0.25, 0.3) is 0 Å². The second-order valence-corrected chi connectivity index (χ2v) is 13.2. The number of nitro groups is 2. The van der Waals surface area contributed by atoms with Gasteiger partial charge in [0.15, 0.2) is 0 Å². The molecule has 10 rings (SSSR count). The summed E-state index contributed by atoms with van der Waals surface area (Å²) < 4.78 is 14.0. The molecule has 232 valence electrons. The lowest BCUT2D eigenvalue weighted by molar-refractivity contribution is -0.573. The van der Waals surface area contributed by atoms with Crippen molar-refractivity contribution in [2.75, 3.05) is 0 Å². The van der Waals surface area contributed by atoms with Gasteiger partial charge in [0, 0.05) is 56.8 Å². The van der Waals surface area contributed by atoms with Gasteiger partial charge >= 0.3 is 12.0 Å². The van der Waals surface area contributed by atoms with Crippen LogP contribution >= 0.6 is 0 Å². The number of aliphatic carboxylic acids is 1. The number of halogens is 1. The van der Waals surface area contributed by atoms with Crippen LogP contribution in [-0.2, 0) is 20.7 Å². The SMILES string of the molecule is CC1(C(=O)F)CC2([N+](=O)[O-])c3ccccc3C1c1ccccc12.CC1(C(=O)O)CC2([N+](=O)[O-])c3ccccc3C1c1ccccc12. The minimum Gasteiger partial charge on any atom is -0.481 e. The number of carbonyl (C=O) groups excluding carboxylic acids is 1. The van der Waals surface area contributed by atoms with Gasteiger partial charge in [0.2, 0.25) is 0 Å². The Morgan fingerprint density at radius 2 is 0.913 bits per heavy atom. The fraction of sp³-hybridized carbons (Fsp3) is 0.278. The third kappa shape index (κ3) is 3.44. The van der Waals surface area contributed by atoms with Gasteiger partial charge in [0.1, 0.15) is 0 Å². The standard InChI is InChI=1S/C18H14FNO3.C18H15NO4/c1-17(16(19)21)10-18(20(22)23)13-8-4-2-6-11(13)15(17)12-7-3-5-9-14(12)18;1-17(16(20)21)10-18(19(22)23)13-8-4-2-6-11(13)15(17)12-7-3-5-9-14(12)18/h2-9,15H,10H2,1H3;2-9,15H,10H2,1H3,(H,20,21). The Bertz CT molecular complexity index is 1770. The molecule has 0 amide bonds. The van der Waals surface area contributed by atoms with Gasteiger partial charge in [-0.05, 0) is 36.1 Å². The molecule has 0 radical (unpaired) electrons. The minimum atomic E-state index is -1.57. The first-order valence-electron chi connectivity index (χ1n) is 15.0. The minimum absolute atomic E-state index is 0.0268. The van der Waals surface area contributed by atoms with Gasteiger partial charge in [-0.1, -0.05) is 97.1 Å². The van der Waals surface area contributed by atoms with Crippen molar-refractivity contribution in [1.82, 2.24) is 0 Å². The van der Waals surface area contributed by atoms with Crippen molar-refractivity contribution in [3.05, 3.63) is 162 Å². The predicted molar refractivity (Wildman–Crippen MR) is 164 cm³/mol. The maximum absolute atomic E-state index is 14.0. The quantitative estimate of drug-likeness (QED) is 0.152. The Morgan fingerprint density at radius 1 is 0.630 bits per heavy atom. The van der Waals surface area contributed by atoms with Gasteiger partial charge in [-0.15, -0.1) is 0 Å². The molecule has 9 nitrogen and oxygen atoms in total. The molecule has 2 atom stereocenters. The lowest BCUT2D eigenvalue weighted by atomic mass is 9.50. The average molecular weight is 621 g/mol. The van der Waals surface area contributed by atoms with E-state index in [0.717, 1.165) is 11.1 Å². The third-order valence-electron chi connectivity index (χ3n) is 11.0. The molecule has 10 heteroatoms. The van der Waals surface area contributed by atoms with E-state index in [1.165, 1.54) is 6.92 Å². The zero-order valence-electron chi connectivity index (χ0n) is 25.0. The Labute approximate surface area is 263 Å². The number of benzene rings is 4. The molecule has 0 fully saturated rings. The van der Waals surface area contributed by atoms with Crippen LogP contribution in [0.3, 0.4) is 0 Å². The van der Waals surface area contributed by atoms with Crippen LogP contribution in [0.15, 0.2) is 97.1 Å². The Kier molecular flexibility index (Phi) is 6.16. The summed E-state index contributed by atoms with van der Waals surface area (Å²) in [5, 5.41) is 34.2. The smallest absolute Gasteiger partial charge is 0.310 e. The molecule has 0 heterocycles. The normalized spacial score (nSPS) is 30.4. The van der Waals surface area contributed by atoms with Crippen LogP contribution < -0.4 is 0 Å². The number of carboxylic acids is 1. The summed E-state index contributed by atoms with van der Waals surface area (Å²) in [7, 11) is 0. The number of nitrogens with zero attached hydrogens (tertiary/aromatic N) is 2. The lowest BCUT2D eigenvalue weighted by Gasteiger charge is -2.51. The highest BCUT2D eigenvalue weighted by Gasteiger charge is 2.68. The van der Waals surface area contributed by atoms with Crippen molar-refractivity contribution in [2.45, 2.75) is 49.6 Å². The van der Waals surface area contributed by atoms with E-state index in [-0.39, 0.29) is 28.6 Å². The van der Waals surface area contributed by atoms with Gasteiger partial charge in [-0.25, -0.2) is 0 Å². The van der Waals surface area contributed by atoms with E-state index in [4.69, 9.17) is 0 Å². The van der Waals surface area contributed by atoms with E-state index in [1.807, 2.05) is 24.3 Å². The van der Waals surface area contributed by atoms with Gasteiger partial charge in [-0.3, -0.25) is 29.8 Å². The van der Waals surface area contributed by atoms with E-state index < -0.39 is 39.8 Å². The first-order valence-corrected chi connectivity index (χ1v) is 15.0. The number of fused-ring (bicyclic) bond motifs is 2. The van der Waals surface area contributed by atoms with Gasteiger partial charge in [-0.2, -0.15) is 4.39 Å². The second kappa shape index (κ2) is 9.62. The van der Waals surface area contributed by atoms with Crippen molar-refractivity contribution in [2.24, 2.45) is 10.8 Å². The van der Waals surface area contributed by atoms with E-state index in [2.05, 4.69) is 0 Å². The molecule has 0 saturated carbocycles. The molecule has 6 aliphatic rings. The predicted octanol–water partition coefficient (Wildman–Crippen LogP) is 6.71. The Balaban J connectivity index is 0.000000147. The maximum Gasteiger partial charge on any atom is 0.310 e. The Hall–Kier alpha value is -5.25. The molecule has 46 heavy (non-hydrogen) atoms. The summed E-state index contributed by atoms with van der Waals surface area (Å²) in [6.45, 7) is 3.13. The number of hydrogen-bond acceptors (Lipinski definition) is 6. The first kappa shape index (κ1) is 29.5. The fourth-order valence-corrected chi connectivity index (χ4v) is 9.05. The molecule has 0 aliphatic heterocycles. The molecule has 2 unspecified atom stereocenters. The molecular weight excluding hydrogens is 591 g/mol. The van der Waals surface area contributed by atoms with Crippen LogP contribution in [0, 0.1) is 31.1 Å². The number of carboxylic acid groups (broad SMARTS) is 1. The zero-order chi connectivity index (χ0) is 32.8. The molecule has 4 aromatic rings. The number of rotatable bonds is 4. The topological polar surface area (TPSA) is 141 Å². The van der Waals surface area contributed by atoms with Crippen molar-refractivity contribution in [3.63, 3.8) is 0 Å². The molecular formula is C36H29FN2O7. The van der Waals surface area contributed by atoms with Crippen LogP contribution in [-0.4, -0.2) is 27.0 Å². The van der Waals surface area contributed by atoms with Gasteiger partial charge in [0.25, 0.3) is 11.1 Å². The zero-order valence-corrected chi connectivity index (χ0v) is 25.0. The lowest BCUT2D eigenvalue weighted by Crippen LogP contribution is -2.56. The van der Waals surface area contributed by atoms with E-state index in [9.17, 15) is 39.3 Å². The summed E-state index contributed by atoms with van der Waals surface area (Å²) in [4.78, 5) is 47.5. The third-order valence-corrected chi connectivity index (χ3v) is 11.0. The summed E-state index contributed by atoms with van der Waals surface area (Å²) in [5.41, 5.74) is -0.373. The summed E-state index contributed by atoms with van der Waals surface area (Å²) >= 11 is 0. The molecule has 0 spiro atoms. The van der Waals surface area contributed by atoms with E-state index in [0.29, 0.717) is 33.4 Å². The fourth-order valence-electron chi connectivity index (χ4n) is 9.05. The summed E-state index contributed by atoms with van der Waals surface area (Å²) in [6, 6.07) is 27.0. The van der Waals surface area contributed by atoms with Crippen molar-refractivity contribution < 1.29 is 28.9 Å². The Morgan fingerprint density at radius 3 is 1.20 bits per heavy atom. The van der Waals surface area contributed by atoms with Crippen molar-refractivity contribution in [1.29, 1.82) is 0 Å². The maximum atomic E-state index is 14.0. The second-order valence-electron chi connectivity index (χ2n) is 13.2. The monoisotopic (exact) mass is 620 g/mol. The van der Waals surface area contributed by atoms with Gasteiger partial charge < -0.3 is 5.11 Å². The average Bonchev–Trinajstić information content (AvgIpc) is 3.05. The highest BCUT2D eigenvalue weighted by atomic mass is 19.1. The van der Waals surface area contributed by atoms with Crippen LogP contribution in [0.1, 0.15) is 83.0 Å². The van der Waals surface area contributed by atoms with Crippen LogP contribution in [0.4, 0.5) is 4.39 Å². The molecule has 6 aliphatic carbocycles. The molecule has 4 bridgehead atoms.